The molecule has 1 amide bonds. The number of thioether (sulfide) groups is 1. The van der Waals surface area contributed by atoms with Crippen LogP contribution in [0.5, 0.6) is 5.75 Å². The first kappa shape index (κ1) is 27.6. The Hall–Kier alpha value is -3.59. The Morgan fingerprint density at radius 1 is 1.29 bits per heavy atom. The molecular weight excluding hydrogens is 556 g/mol. The molecule has 1 saturated heterocycles. The van der Waals surface area contributed by atoms with E-state index in [1.807, 2.05) is 0 Å². The standard InChI is InChI=1S/C27H29F2N7O4S/c28-27(29)40-23-4-3-18(41-19-14-39-15-19)11-20(23)24-22(13-35(34-24)7-1-5-30-16-9-17(37)10-16)33-26(38)21-12-32-36-8-2-6-31-25(21)36/h2-4,6,8,11-13,16-17,19,27,30,37H,1,5,7,9-10,14-15H2,(H,33,38). The predicted molar refractivity (Wildman–Crippen MR) is 147 cm³/mol. The summed E-state index contributed by atoms with van der Waals surface area (Å²) in [6.45, 7) is -0.562. The monoisotopic (exact) mass is 585 g/mol. The Balaban J connectivity index is 1.29. The number of rotatable bonds is 12. The first-order valence-electron chi connectivity index (χ1n) is 13.3. The molecule has 3 N–H and O–H groups in total. The molecule has 216 valence electrons. The van der Waals surface area contributed by atoms with Gasteiger partial charge in [0.1, 0.15) is 17.0 Å². The van der Waals surface area contributed by atoms with Gasteiger partial charge in [-0.25, -0.2) is 9.50 Å². The van der Waals surface area contributed by atoms with E-state index in [4.69, 9.17) is 14.6 Å². The van der Waals surface area contributed by atoms with Crippen molar-refractivity contribution in [1.82, 2.24) is 29.7 Å². The molecule has 14 heteroatoms. The molecule has 1 aromatic carbocycles. The van der Waals surface area contributed by atoms with E-state index in [-0.39, 0.29) is 22.7 Å². The highest BCUT2D eigenvalue weighted by molar-refractivity contribution is 8.00. The molecule has 2 aliphatic rings. The lowest BCUT2D eigenvalue weighted by molar-refractivity contribution is -0.0495. The molecule has 6 rings (SSSR count). The van der Waals surface area contributed by atoms with Gasteiger partial charge in [-0.1, -0.05) is 0 Å². The largest absolute Gasteiger partial charge is 0.434 e. The number of anilines is 1. The van der Waals surface area contributed by atoms with Gasteiger partial charge in [0.25, 0.3) is 5.91 Å². The smallest absolute Gasteiger partial charge is 0.387 e. The number of carbonyl (C=O) groups is 1. The average Bonchev–Trinajstić information content (AvgIpc) is 3.52. The molecule has 2 fully saturated rings. The molecule has 0 atom stereocenters. The molecule has 1 saturated carbocycles. The van der Waals surface area contributed by atoms with Gasteiger partial charge in [0.2, 0.25) is 0 Å². The maximum Gasteiger partial charge on any atom is 0.387 e. The summed E-state index contributed by atoms with van der Waals surface area (Å²) in [4.78, 5) is 18.5. The first-order valence-corrected chi connectivity index (χ1v) is 14.2. The number of amides is 1. The van der Waals surface area contributed by atoms with Crippen LogP contribution in [-0.4, -0.2) is 79.2 Å². The Bertz CT molecular complexity index is 1520. The third-order valence-electron chi connectivity index (χ3n) is 6.98. The molecule has 3 aromatic heterocycles. The maximum atomic E-state index is 13.4. The van der Waals surface area contributed by atoms with Crippen LogP contribution in [-0.2, 0) is 11.3 Å². The lowest BCUT2D eigenvalue weighted by Gasteiger charge is -2.32. The molecule has 0 unspecified atom stereocenters. The number of benzene rings is 1. The van der Waals surface area contributed by atoms with E-state index in [1.54, 1.807) is 53.2 Å². The van der Waals surface area contributed by atoms with E-state index >= 15 is 0 Å². The number of nitrogens with one attached hydrogen (secondary N) is 2. The summed E-state index contributed by atoms with van der Waals surface area (Å²) in [5.74, 6) is -0.504. The van der Waals surface area contributed by atoms with Gasteiger partial charge in [-0.15, -0.1) is 11.8 Å². The molecule has 0 spiro atoms. The highest BCUT2D eigenvalue weighted by atomic mass is 32.2. The van der Waals surface area contributed by atoms with Crippen molar-refractivity contribution in [2.75, 3.05) is 25.1 Å². The van der Waals surface area contributed by atoms with E-state index in [1.165, 1.54) is 16.8 Å². The average molecular weight is 586 g/mol. The third-order valence-corrected chi connectivity index (χ3v) is 8.11. The van der Waals surface area contributed by atoms with Crippen LogP contribution in [0.4, 0.5) is 14.5 Å². The summed E-state index contributed by atoms with van der Waals surface area (Å²) in [6.07, 6.45) is 8.36. The Labute approximate surface area is 238 Å². The van der Waals surface area contributed by atoms with Crippen LogP contribution in [0, 0.1) is 0 Å². The zero-order valence-electron chi connectivity index (χ0n) is 22.0. The van der Waals surface area contributed by atoms with Crippen LogP contribution >= 0.6 is 11.8 Å². The maximum absolute atomic E-state index is 13.4. The van der Waals surface area contributed by atoms with Crippen molar-refractivity contribution in [3.63, 3.8) is 0 Å². The zero-order valence-corrected chi connectivity index (χ0v) is 22.8. The summed E-state index contributed by atoms with van der Waals surface area (Å²) < 4.78 is 40.1. The molecule has 1 aliphatic carbocycles. The summed E-state index contributed by atoms with van der Waals surface area (Å²) in [6, 6.07) is 7.00. The second-order valence-corrected chi connectivity index (χ2v) is 11.4. The van der Waals surface area contributed by atoms with Gasteiger partial charge in [0, 0.05) is 41.6 Å². The van der Waals surface area contributed by atoms with Gasteiger partial charge in [0.05, 0.1) is 36.5 Å². The Morgan fingerprint density at radius 2 is 2.15 bits per heavy atom. The fourth-order valence-corrected chi connectivity index (χ4v) is 5.79. The summed E-state index contributed by atoms with van der Waals surface area (Å²) in [5.41, 5.74) is 1.63. The van der Waals surface area contributed by atoms with E-state index < -0.39 is 12.5 Å². The van der Waals surface area contributed by atoms with E-state index in [2.05, 4.69) is 20.7 Å². The van der Waals surface area contributed by atoms with Crippen molar-refractivity contribution in [3.05, 3.63) is 54.6 Å². The molecule has 11 nitrogen and oxygen atoms in total. The van der Waals surface area contributed by atoms with Crippen LogP contribution in [0.2, 0.25) is 0 Å². The summed E-state index contributed by atoms with van der Waals surface area (Å²) >= 11 is 1.58. The highest BCUT2D eigenvalue weighted by Crippen LogP contribution is 2.39. The lowest BCUT2D eigenvalue weighted by atomic mass is 9.89. The summed E-state index contributed by atoms with van der Waals surface area (Å²) in [7, 11) is 0. The Morgan fingerprint density at radius 3 is 2.90 bits per heavy atom. The van der Waals surface area contributed by atoms with Gasteiger partial charge in [-0.05, 0) is 50.1 Å². The second-order valence-electron chi connectivity index (χ2n) is 10.00. The van der Waals surface area contributed by atoms with Crippen LogP contribution in [0.15, 0.2) is 53.9 Å². The number of ether oxygens (including phenoxy) is 2. The second kappa shape index (κ2) is 12.1. The van der Waals surface area contributed by atoms with Crippen LogP contribution in [0.1, 0.15) is 29.6 Å². The number of fused-ring (bicyclic) bond motifs is 1. The van der Waals surface area contributed by atoms with E-state index in [0.717, 1.165) is 30.7 Å². The molecule has 4 heterocycles. The number of carbonyl (C=O) groups excluding carboxylic acids is 1. The minimum Gasteiger partial charge on any atom is -0.434 e. The molecule has 41 heavy (non-hydrogen) atoms. The quantitative estimate of drug-likeness (QED) is 0.214. The van der Waals surface area contributed by atoms with E-state index in [0.29, 0.717) is 48.4 Å². The molecule has 4 aromatic rings. The topological polar surface area (TPSA) is 128 Å². The van der Waals surface area contributed by atoms with Gasteiger partial charge in [-0.2, -0.15) is 19.0 Å². The summed E-state index contributed by atoms with van der Waals surface area (Å²) in [5, 5.41) is 24.9. The van der Waals surface area contributed by atoms with Crippen molar-refractivity contribution < 1.29 is 28.2 Å². The van der Waals surface area contributed by atoms with Gasteiger partial charge < -0.3 is 25.2 Å². The number of aromatic nitrogens is 5. The van der Waals surface area contributed by atoms with Crippen molar-refractivity contribution in [2.45, 2.75) is 54.7 Å². The molecular formula is C27H29F2N7O4S. The van der Waals surface area contributed by atoms with Crippen LogP contribution < -0.4 is 15.4 Å². The number of hydrogen-bond acceptors (Lipinski definition) is 9. The van der Waals surface area contributed by atoms with Gasteiger partial charge in [0.15, 0.2) is 5.65 Å². The minimum absolute atomic E-state index is 0.0437. The number of halogens is 2. The van der Waals surface area contributed by atoms with Crippen LogP contribution in [0.3, 0.4) is 0 Å². The fourth-order valence-electron chi connectivity index (χ4n) is 4.75. The first-order chi connectivity index (χ1) is 19.9. The molecule has 0 bridgehead atoms. The highest BCUT2D eigenvalue weighted by Gasteiger charge is 2.27. The SMILES string of the molecule is O=C(Nc1cn(CCCNC2CC(O)C2)nc1-c1cc(SC2COC2)ccc1OC(F)F)c1cnn2cccnc12. The van der Waals surface area contributed by atoms with Crippen molar-refractivity contribution >= 4 is 29.0 Å². The Kier molecular flexibility index (Phi) is 8.14. The van der Waals surface area contributed by atoms with Crippen molar-refractivity contribution in [2.24, 2.45) is 0 Å². The van der Waals surface area contributed by atoms with E-state index in [9.17, 15) is 18.7 Å². The third kappa shape index (κ3) is 6.35. The fraction of sp³-hybridized carbons (Fsp3) is 0.407. The molecule has 0 radical (unpaired) electrons. The predicted octanol–water partition coefficient (Wildman–Crippen LogP) is 3.44. The van der Waals surface area contributed by atoms with Gasteiger partial charge >= 0.3 is 6.61 Å². The zero-order chi connectivity index (χ0) is 28.3. The normalized spacial score (nSPS) is 18.8. The van der Waals surface area contributed by atoms with Crippen molar-refractivity contribution in [1.29, 1.82) is 0 Å². The van der Waals surface area contributed by atoms with Crippen molar-refractivity contribution in [3.8, 4) is 17.0 Å². The number of aliphatic hydroxyl groups excluding tert-OH is 1. The number of hydrogen-bond donors (Lipinski definition) is 3. The van der Waals surface area contributed by atoms with Crippen LogP contribution in [0.25, 0.3) is 16.9 Å². The number of aryl methyl sites for hydroxylation is 1. The number of aliphatic hydroxyl groups is 1. The molecule has 1 aliphatic heterocycles. The van der Waals surface area contributed by atoms with Gasteiger partial charge in [-0.3, -0.25) is 9.48 Å². The number of alkyl halides is 2. The number of nitrogens with zero attached hydrogens (tertiary/aromatic N) is 5. The lowest BCUT2D eigenvalue weighted by Crippen LogP contribution is -2.44. The minimum atomic E-state index is -3.03.